The van der Waals surface area contributed by atoms with Gasteiger partial charge in [0.1, 0.15) is 12.4 Å². The molecule has 0 bridgehead atoms. The van der Waals surface area contributed by atoms with Gasteiger partial charge < -0.3 is 14.6 Å². The smallest absolute Gasteiger partial charge is 0.307 e. The van der Waals surface area contributed by atoms with E-state index in [1.807, 2.05) is 61.5 Å². The highest BCUT2D eigenvalue weighted by Crippen LogP contribution is 2.50. The summed E-state index contributed by atoms with van der Waals surface area (Å²) in [7, 11) is 0. The molecule has 1 N–H and O–H groups in total. The first-order chi connectivity index (χ1) is 18.1. The van der Waals surface area contributed by atoms with Gasteiger partial charge in [-0.1, -0.05) is 79.5 Å². The van der Waals surface area contributed by atoms with E-state index in [9.17, 15) is 9.90 Å². The van der Waals surface area contributed by atoms with Gasteiger partial charge in [0.05, 0.1) is 18.6 Å². The Morgan fingerprint density at radius 2 is 1.76 bits per heavy atom. The van der Waals surface area contributed by atoms with Gasteiger partial charge in [0.15, 0.2) is 0 Å². The Hall–Kier alpha value is -2.79. The van der Waals surface area contributed by atoms with E-state index in [0.29, 0.717) is 28.0 Å². The highest BCUT2D eigenvalue weighted by molar-refractivity contribution is 6.30. The van der Waals surface area contributed by atoms with Crippen molar-refractivity contribution in [1.82, 2.24) is 0 Å². The van der Waals surface area contributed by atoms with E-state index in [1.54, 1.807) is 6.07 Å². The minimum atomic E-state index is -0.884. The largest absolute Gasteiger partial charge is 0.489 e. The Balaban J connectivity index is 1.73. The van der Waals surface area contributed by atoms with Crippen molar-refractivity contribution in [3.63, 3.8) is 0 Å². The van der Waals surface area contributed by atoms with Crippen molar-refractivity contribution in [3.05, 3.63) is 111 Å². The Labute approximate surface area is 235 Å². The molecule has 3 aromatic carbocycles. The van der Waals surface area contributed by atoms with Crippen LogP contribution < -0.4 is 4.74 Å². The number of hydrogen-bond donors (Lipinski definition) is 1. The molecule has 0 amide bonds. The summed E-state index contributed by atoms with van der Waals surface area (Å²) in [5.74, 6) is 0.169. The molecule has 0 radical (unpaired) electrons. The number of carboxylic acids is 1. The second kappa shape index (κ2) is 12.4. The monoisotopic (exact) mass is 552 g/mol. The summed E-state index contributed by atoms with van der Waals surface area (Å²) in [5, 5.41) is 10.8. The molecule has 0 aliphatic carbocycles. The van der Waals surface area contributed by atoms with Gasteiger partial charge in [-0.15, -0.1) is 0 Å². The van der Waals surface area contributed by atoms with E-state index in [0.717, 1.165) is 28.7 Å². The van der Waals surface area contributed by atoms with E-state index in [4.69, 9.17) is 32.7 Å². The maximum absolute atomic E-state index is 11.5. The minimum Gasteiger partial charge on any atom is -0.489 e. The molecule has 0 aromatic heterocycles. The lowest BCUT2D eigenvalue weighted by molar-refractivity contribution is -0.136. The summed E-state index contributed by atoms with van der Waals surface area (Å²) in [6.07, 6.45) is 0.349. The van der Waals surface area contributed by atoms with Crippen molar-refractivity contribution in [2.45, 2.75) is 58.3 Å². The molecule has 0 unspecified atom stereocenters. The van der Waals surface area contributed by atoms with Gasteiger partial charge in [0.2, 0.25) is 0 Å². The zero-order valence-electron chi connectivity index (χ0n) is 22.0. The maximum Gasteiger partial charge on any atom is 0.307 e. The SMILES string of the molecule is C=C(C)[C@H]1C[C@@H](c2cccc(Cl)c2)[C@H](C(C)C)O[C@@H]1c1cc(CC(=O)O)ccc1OCc1cccc(Cl)c1. The number of aliphatic carboxylic acids is 1. The van der Waals surface area contributed by atoms with Crippen LogP contribution in [0.5, 0.6) is 5.75 Å². The maximum atomic E-state index is 11.5. The number of carboxylic acid groups (broad SMARTS) is 1. The van der Waals surface area contributed by atoms with Gasteiger partial charge >= 0.3 is 5.97 Å². The fraction of sp³-hybridized carbons (Fsp3) is 0.344. The average Bonchev–Trinajstić information content (AvgIpc) is 2.86. The highest BCUT2D eigenvalue weighted by atomic mass is 35.5. The molecule has 6 heteroatoms. The zero-order chi connectivity index (χ0) is 27.4. The lowest BCUT2D eigenvalue weighted by atomic mass is 9.73. The van der Waals surface area contributed by atoms with Crippen molar-refractivity contribution in [1.29, 1.82) is 0 Å². The summed E-state index contributed by atoms with van der Waals surface area (Å²) < 4.78 is 13.2. The molecule has 0 spiro atoms. The summed E-state index contributed by atoms with van der Waals surface area (Å²) in [5.41, 5.74) is 4.64. The van der Waals surface area contributed by atoms with Gasteiger partial charge in [0, 0.05) is 27.4 Å². The quantitative estimate of drug-likeness (QED) is 0.270. The molecule has 3 aromatic rings. The molecule has 1 heterocycles. The average molecular weight is 554 g/mol. The van der Waals surface area contributed by atoms with Crippen LogP contribution in [0.4, 0.5) is 0 Å². The molecule has 38 heavy (non-hydrogen) atoms. The van der Waals surface area contributed by atoms with Crippen LogP contribution in [0.15, 0.2) is 78.9 Å². The molecular formula is C32H34Cl2O4. The van der Waals surface area contributed by atoms with Crippen LogP contribution in [-0.2, 0) is 22.6 Å². The van der Waals surface area contributed by atoms with Crippen molar-refractivity contribution < 1.29 is 19.4 Å². The molecule has 0 saturated carbocycles. The number of ether oxygens (including phenoxy) is 2. The van der Waals surface area contributed by atoms with Gasteiger partial charge in [-0.25, -0.2) is 0 Å². The van der Waals surface area contributed by atoms with Gasteiger partial charge in [0.25, 0.3) is 0 Å². The van der Waals surface area contributed by atoms with Crippen molar-refractivity contribution in [3.8, 4) is 5.75 Å². The normalized spacial score (nSPS) is 21.3. The van der Waals surface area contributed by atoms with E-state index in [-0.39, 0.29) is 36.4 Å². The molecule has 4 atom stereocenters. The predicted molar refractivity (Wildman–Crippen MR) is 153 cm³/mol. The van der Waals surface area contributed by atoms with Crippen LogP contribution in [0.1, 0.15) is 61.5 Å². The Bertz CT molecular complexity index is 1300. The van der Waals surface area contributed by atoms with Gasteiger partial charge in [-0.3, -0.25) is 4.79 Å². The van der Waals surface area contributed by atoms with Crippen LogP contribution in [-0.4, -0.2) is 17.2 Å². The molecule has 1 fully saturated rings. The molecule has 4 nitrogen and oxygen atoms in total. The second-order valence-corrected chi connectivity index (χ2v) is 11.3. The molecule has 200 valence electrons. The Kier molecular flexibility index (Phi) is 9.19. The third-order valence-electron chi connectivity index (χ3n) is 7.16. The standard InChI is InChI=1S/C32H34Cl2O4/c1-19(2)26-17-27(23-8-6-10-25(34)16-23)31(20(3)4)38-32(26)28-14-21(15-30(35)36)11-12-29(28)37-18-22-7-5-9-24(33)13-22/h5-14,16,20,26-27,31-32H,1,15,17-18H2,2-4H3,(H,35,36)/t26-,27+,31+,32+/m1/s1. The molecule has 4 rings (SSSR count). The summed E-state index contributed by atoms with van der Waals surface area (Å²) in [4.78, 5) is 11.5. The number of rotatable bonds is 9. The van der Waals surface area contributed by atoms with Crippen molar-refractivity contribution >= 4 is 29.2 Å². The highest BCUT2D eigenvalue weighted by Gasteiger charge is 2.42. The van der Waals surface area contributed by atoms with Crippen molar-refractivity contribution in [2.24, 2.45) is 11.8 Å². The van der Waals surface area contributed by atoms with Crippen LogP contribution in [0, 0.1) is 11.8 Å². The summed E-state index contributed by atoms with van der Waals surface area (Å²) in [6.45, 7) is 11.0. The number of carbonyl (C=O) groups is 1. The first kappa shape index (κ1) is 28.2. The van der Waals surface area contributed by atoms with Crippen LogP contribution in [0.3, 0.4) is 0 Å². The van der Waals surface area contributed by atoms with Crippen LogP contribution in [0.25, 0.3) is 0 Å². The summed E-state index contributed by atoms with van der Waals surface area (Å²) >= 11 is 12.5. The zero-order valence-corrected chi connectivity index (χ0v) is 23.5. The fourth-order valence-corrected chi connectivity index (χ4v) is 5.76. The Morgan fingerprint density at radius 3 is 2.39 bits per heavy atom. The van der Waals surface area contributed by atoms with Crippen molar-refractivity contribution in [2.75, 3.05) is 0 Å². The lowest BCUT2D eigenvalue weighted by Gasteiger charge is -2.44. The lowest BCUT2D eigenvalue weighted by Crippen LogP contribution is -2.39. The third-order valence-corrected chi connectivity index (χ3v) is 7.63. The Morgan fingerprint density at radius 1 is 1.05 bits per heavy atom. The summed E-state index contributed by atoms with van der Waals surface area (Å²) in [6, 6.07) is 21.1. The topological polar surface area (TPSA) is 55.8 Å². The third kappa shape index (κ3) is 6.79. The van der Waals surface area contributed by atoms with E-state index in [2.05, 4.69) is 26.5 Å². The van der Waals surface area contributed by atoms with Crippen LogP contribution in [0.2, 0.25) is 10.0 Å². The number of hydrogen-bond acceptors (Lipinski definition) is 3. The molecular weight excluding hydrogens is 519 g/mol. The van der Waals surface area contributed by atoms with Gasteiger partial charge in [-0.2, -0.15) is 0 Å². The second-order valence-electron chi connectivity index (χ2n) is 10.5. The van der Waals surface area contributed by atoms with Gasteiger partial charge in [-0.05, 0) is 72.4 Å². The first-order valence-electron chi connectivity index (χ1n) is 12.9. The van der Waals surface area contributed by atoms with E-state index in [1.165, 1.54) is 0 Å². The number of halogens is 2. The predicted octanol–water partition coefficient (Wildman–Crippen LogP) is 8.66. The fourth-order valence-electron chi connectivity index (χ4n) is 5.35. The minimum absolute atomic E-state index is 0.00239. The van der Waals surface area contributed by atoms with Crippen LogP contribution >= 0.6 is 23.2 Å². The molecule has 1 saturated heterocycles. The first-order valence-corrected chi connectivity index (χ1v) is 13.7. The molecule has 1 aliphatic rings. The molecule has 1 aliphatic heterocycles. The number of benzene rings is 3. The van der Waals surface area contributed by atoms with E-state index < -0.39 is 5.97 Å². The van der Waals surface area contributed by atoms with E-state index >= 15 is 0 Å².